The summed E-state index contributed by atoms with van der Waals surface area (Å²) < 4.78 is 13.2. The van der Waals surface area contributed by atoms with Crippen LogP contribution < -0.4 is 10.2 Å². The van der Waals surface area contributed by atoms with E-state index < -0.39 is 0 Å². The van der Waals surface area contributed by atoms with Crippen LogP contribution in [0, 0.1) is 5.82 Å². The van der Waals surface area contributed by atoms with Crippen LogP contribution in [0.2, 0.25) is 5.02 Å². The van der Waals surface area contributed by atoms with Crippen LogP contribution in [0.1, 0.15) is 5.56 Å². The molecule has 0 aliphatic rings. The first-order chi connectivity index (χ1) is 9.06. The standard InChI is InChI=1S/C15H16ClFN2/c1-19(2)15-6-4-3-5-14(15)18-10-11-7-12(16)9-13(17)8-11/h3-9,18H,10H2,1-2H3. The third-order valence-corrected chi connectivity index (χ3v) is 3.01. The van der Waals surface area contributed by atoms with Gasteiger partial charge in [-0.25, -0.2) is 4.39 Å². The monoisotopic (exact) mass is 278 g/mol. The van der Waals surface area contributed by atoms with Gasteiger partial charge in [-0.1, -0.05) is 23.7 Å². The molecular weight excluding hydrogens is 263 g/mol. The third-order valence-electron chi connectivity index (χ3n) is 2.79. The summed E-state index contributed by atoms with van der Waals surface area (Å²) in [6.45, 7) is 0.530. The van der Waals surface area contributed by atoms with Gasteiger partial charge in [0.25, 0.3) is 0 Å². The summed E-state index contributed by atoms with van der Waals surface area (Å²) in [7, 11) is 3.97. The third kappa shape index (κ3) is 3.61. The molecule has 0 fully saturated rings. The van der Waals surface area contributed by atoms with E-state index in [0.29, 0.717) is 11.6 Å². The molecule has 0 saturated heterocycles. The highest BCUT2D eigenvalue weighted by atomic mass is 35.5. The summed E-state index contributed by atoms with van der Waals surface area (Å²) in [6, 6.07) is 12.5. The second-order valence-corrected chi connectivity index (χ2v) is 4.98. The van der Waals surface area contributed by atoms with Crippen LogP contribution >= 0.6 is 11.6 Å². The number of halogens is 2. The molecule has 0 unspecified atom stereocenters. The maximum absolute atomic E-state index is 13.2. The Bertz CT molecular complexity index is 550. The maximum Gasteiger partial charge on any atom is 0.125 e. The van der Waals surface area contributed by atoms with Crippen molar-refractivity contribution in [1.82, 2.24) is 0 Å². The minimum Gasteiger partial charge on any atom is -0.379 e. The highest BCUT2D eigenvalue weighted by molar-refractivity contribution is 6.30. The van der Waals surface area contributed by atoms with Crippen LogP contribution in [0.3, 0.4) is 0 Å². The smallest absolute Gasteiger partial charge is 0.125 e. The molecule has 2 aromatic carbocycles. The van der Waals surface area contributed by atoms with E-state index in [9.17, 15) is 4.39 Å². The molecule has 4 heteroatoms. The maximum atomic E-state index is 13.2. The second-order valence-electron chi connectivity index (χ2n) is 4.54. The summed E-state index contributed by atoms with van der Waals surface area (Å²) in [5, 5.41) is 3.71. The van der Waals surface area contributed by atoms with Crippen molar-refractivity contribution in [3.63, 3.8) is 0 Å². The van der Waals surface area contributed by atoms with Gasteiger partial charge < -0.3 is 10.2 Å². The van der Waals surface area contributed by atoms with Gasteiger partial charge in [0.1, 0.15) is 5.82 Å². The first-order valence-electron chi connectivity index (χ1n) is 6.01. The van der Waals surface area contributed by atoms with Gasteiger partial charge in [0.15, 0.2) is 0 Å². The van der Waals surface area contributed by atoms with Gasteiger partial charge in [-0.2, -0.15) is 0 Å². The lowest BCUT2D eigenvalue weighted by molar-refractivity contribution is 0.626. The number of nitrogens with one attached hydrogen (secondary N) is 1. The number of rotatable bonds is 4. The average molecular weight is 279 g/mol. The van der Waals surface area contributed by atoms with E-state index in [2.05, 4.69) is 5.32 Å². The Kier molecular flexibility index (Phi) is 4.27. The Morgan fingerprint density at radius 1 is 1.16 bits per heavy atom. The van der Waals surface area contributed by atoms with Crippen molar-refractivity contribution in [3.05, 3.63) is 58.9 Å². The number of hydrogen-bond acceptors (Lipinski definition) is 2. The van der Waals surface area contributed by atoms with Crippen LogP contribution in [0.15, 0.2) is 42.5 Å². The number of anilines is 2. The van der Waals surface area contributed by atoms with Gasteiger partial charge in [0.2, 0.25) is 0 Å². The van der Waals surface area contributed by atoms with Gasteiger partial charge in [0.05, 0.1) is 11.4 Å². The quantitative estimate of drug-likeness (QED) is 0.903. The van der Waals surface area contributed by atoms with Crippen molar-refractivity contribution in [2.75, 3.05) is 24.3 Å². The van der Waals surface area contributed by atoms with Crippen molar-refractivity contribution in [2.24, 2.45) is 0 Å². The number of hydrogen-bond donors (Lipinski definition) is 1. The van der Waals surface area contributed by atoms with Gasteiger partial charge in [-0.15, -0.1) is 0 Å². The van der Waals surface area contributed by atoms with E-state index in [-0.39, 0.29) is 5.82 Å². The minimum atomic E-state index is -0.315. The van der Waals surface area contributed by atoms with Crippen LogP contribution in [0.4, 0.5) is 15.8 Å². The molecule has 0 bridgehead atoms. The van der Waals surface area contributed by atoms with E-state index in [0.717, 1.165) is 16.9 Å². The van der Waals surface area contributed by atoms with Crippen LogP contribution in [0.25, 0.3) is 0 Å². The van der Waals surface area contributed by atoms with Crippen LogP contribution in [-0.4, -0.2) is 14.1 Å². The molecular formula is C15H16ClFN2. The average Bonchev–Trinajstić information content (AvgIpc) is 2.35. The molecule has 0 atom stereocenters. The summed E-state index contributed by atoms with van der Waals surface area (Å²) in [6.07, 6.45) is 0. The number of nitrogens with zero attached hydrogens (tertiary/aromatic N) is 1. The first kappa shape index (κ1) is 13.7. The zero-order valence-electron chi connectivity index (χ0n) is 11.0. The lowest BCUT2D eigenvalue weighted by Gasteiger charge is -2.18. The molecule has 19 heavy (non-hydrogen) atoms. The summed E-state index contributed by atoms with van der Waals surface area (Å²) in [5.74, 6) is -0.315. The minimum absolute atomic E-state index is 0.315. The van der Waals surface area contributed by atoms with Crippen molar-refractivity contribution in [1.29, 1.82) is 0 Å². The Morgan fingerprint density at radius 3 is 2.58 bits per heavy atom. The Labute approximate surface area is 117 Å². The van der Waals surface area contributed by atoms with E-state index in [1.54, 1.807) is 6.07 Å². The highest BCUT2D eigenvalue weighted by Gasteiger charge is 2.04. The summed E-state index contributed by atoms with van der Waals surface area (Å²) >= 11 is 5.84. The topological polar surface area (TPSA) is 15.3 Å². The fourth-order valence-electron chi connectivity index (χ4n) is 1.92. The predicted molar refractivity (Wildman–Crippen MR) is 79.5 cm³/mol. The molecule has 0 heterocycles. The van der Waals surface area contributed by atoms with E-state index >= 15 is 0 Å². The van der Waals surface area contributed by atoms with Gasteiger partial charge in [0, 0.05) is 25.7 Å². The molecule has 0 spiro atoms. The summed E-state index contributed by atoms with van der Waals surface area (Å²) in [5.41, 5.74) is 2.91. The van der Waals surface area contributed by atoms with Gasteiger partial charge in [-0.3, -0.25) is 0 Å². The molecule has 2 rings (SSSR count). The molecule has 100 valence electrons. The second kappa shape index (κ2) is 5.93. The van der Waals surface area contributed by atoms with Crippen LogP contribution in [0.5, 0.6) is 0 Å². The Hall–Kier alpha value is -1.74. The van der Waals surface area contributed by atoms with Crippen LogP contribution in [-0.2, 0) is 6.54 Å². The van der Waals surface area contributed by atoms with Gasteiger partial charge >= 0.3 is 0 Å². The van der Waals surface area contributed by atoms with E-state index in [4.69, 9.17) is 11.6 Å². The van der Waals surface area contributed by atoms with Crippen molar-refractivity contribution in [3.8, 4) is 0 Å². The predicted octanol–water partition coefficient (Wildman–Crippen LogP) is 4.16. The largest absolute Gasteiger partial charge is 0.379 e. The fourth-order valence-corrected chi connectivity index (χ4v) is 2.17. The molecule has 0 saturated carbocycles. The fraction of sp³-hybridized carbons (Fsp3) is 0.200. The lowest BCUT2D eigenvalue weighted by Crippen LogP contribution is -2.12. The molecule has 0 amide bonds. The van der Waals surface area contributed by atoms with Crippen molar-refractivity contribution in [2.45, 2.75) is 6.54 Å². The summed E-state index contributed by atoms with van der Waals surface area (Å²) in [4.78, 5) is 2.03. The van der Waals surface area contributed by atoms with E-state index in [1.807, 2.05) is 43.3 Å². The number of benzene rings is 2. The van der Waals surface area contributed by atoms with E-state index in [1.165, 1.54) is 12.1 Å². The molecule has 0 aliphatic heterocycles. The molecule has 0 aromatic heterocycles. The normalized spacial score (nSPS) is 10.3. The Morgan fingerprint density at radius 2 is 1.89 bits per heavy atom. The zero-order valence-corrected chi connectivity index (χ0v) is 11.7. The molecule has 0 aliphatic carbocycles. The molecule has 2 aromatic rings. The van der Waals surface area contributed by atoms with Gasteiger partial charge in [-0.05, 0) is 35.9 Å². The highest BCUT2D eigenvalue weighted by Crippen LogP contribution is 2.24. The molecule has 0 radical (unpaired) electrons. The van der Waals surface area contributed by atoms with Crippen molar-refractivity contribution < 1.29 is 4.39 Å². The number of para-hydroxylation sites is 2. The first-order valence-corrected chi connectivity index (χ1v) is 6.39. The zero-order chi connectivity index (χ0) is 13.8. The Balaban J connectivity index is 2.14. The molecule has 1 N–H and O–H groups in total. The lowest BCUT2D eigenvalue weighted by atomic mass is 10.2. The SMILES string of the molecule is CN(C)c1ccccc1NCc1cc(F)cc(Cl)c1. The molecule has 2 nitrogen and oxygen atoms in total. The van der Waals surface area contributed by atoms with Crippen molar-refractivity contribution >= 4 is 23.0 Å².